The number of methoxy groups -OCH3 is 1. The van der Waals surface area contributed by atoms with Gasteiger partial charge < -0.3 is 9.30 Å². The minimum atomic E-state index is -0.648. The normalized spacial score (nSPS) is 11.0. The van der Waals surface area contributed by atoms with Gasteiger partial charge in [0.05, 0.1) is 23.4 Å². The van der Waals surface area contributed by atoms with Crippen LogP contribution >= 0.6 is 11.6 Å². The summed E-state index contributed by atoms with van der Waals surface area (Å²) < 4.78 is 21.1. The van der Waals surface area contributed by atoms with E-state index in [9.17, 15) is 14.0 Å². The van der Waals surface area contributed by atoms with Crippen molar-refractivity contribution in [2.45, 2.75) is 0 Å². The maximum Gasteiger partial charge on any atom is 0.341 e. The van der Waals surface area contributed by atoms with Crippen molar-refractivity contribution in [1.82, 2.24) is 14.3 Å². The molecule has 0 N–H and O–H groups in total. The second-order valence-corrected chi connectivity index (χ2v) is 6.39. The van der Waals surface area contributed by atoms with Crippen LogP contribution in [0.5, 0.6) is 0 Å². The minimum Gasteiger partial charge on any atom is -0.465 e. The van der Waals surface area contributed by atoms with Gasteiger partial charge in [0.15, 0.2) is 0 Å². The molecular formula is C20H13ClFN3O3. The third-order valence-electron chi connectivity index (χ3n) is 4.28. The van der Waals surface area contributed by atoms with Crippen molar-refractivity contribution in [3.63, 3.8) is 0 Å². The van der Waals surface area contributed by atoms with E-state index >= 15 is 0 Å². The average molecular weight is 398 g/mol. The van der Waals surface area contributed by atoms with Gasteiger partial charge in [-0.3, -0.25) is 4.79 Å². The molecule has 8 heteroatoms. The number of aromatic nitrogens is 3. The summed E-state index contributed by atoms with van der Waals surface area (Å²) in [6.45, 7) is 0. The van der Waals surface area contributed by atoms with E-state index in [0.717, 1.165) is 0 Å². The predicted octanol–water partition coefficient (Wildman–Crippen LogP) is 3.71. The van der Waals surface area contributed by atoms with Crippen LogP contribution in [0.25, 0.3) is 22.6 Å². The number of halogens is 2. The summed E-state index contributed by atoms with van der Waals surface area (Å²) in [7, 11) is 1.24. The standard InChI is InChI=1S/C20H13ClFN3O3/c1-28-20(27)15-11-24(13-7-8-17(22)16(21)9-13)10-14-18(15)23-25(19(14)26)12-5-3-2-4-6-12/h2-11H,1H3. The van der Waals surface area contributed by atoms with Gasteiger partial charge in [-0.1, -0.05) is 29.8 Å². The number of carbonyl (C=O) groups is 1. The van der Waals surface area contributed by atoms with E-state index in [4.69, 9.17) is 16.3 Å². The largest absolute Gasteiger partial charge is 0.465 e. The third kappa shape index (κ3) is 2.95. The Bertz CT molecular complexity index is 1220. The van der Waals surface area contributed by atoms with E-state index in [0.29, 0.717) is 11.4 Å². The minimum absolute atomic E-state index is 0.0768. The summed E-state index contributed by atoms with van der Waals surface area (Å²) in [5, 5.41) is 4.25. The summed E-state index contributed by atoms with van der Waals surface area (Å²) in [6.07, 6.45) is 3.00. The summed E-state index contributed by atoms with van der Waals surface area (Å²) in [6, 6.07) is 12.9. The molecule has 0 radical (unpaired) electrons. The van der Waals surface area contributed by atoms with Crippen molar-refractivity contribution in [1.29, 1.82) is 0 Å². The van der Waals surface area contributed by atoms with Gasteiger partial charge in [-0.25, -0.2) is 9.18 Å². The molecule has 28 heavy (non-hydrogen) atoms. The quantitative estimate of drug-likeness (QED) is 0.494. The molecule has 0 bridgehead atoms. The van der Waals surface area contributed by atoms with E-state index in [1.165, 1.54) is 47.0 Å². The molecule has 2 heterocycles. The molecule has 0 atom stereocenters. The Hall–Kier alpha value is -3.45. The van der Waals surface area contributed by atoms with Crippen LogP contribution in [-0.2, 0) is 4.74 Å². The number of rotatable bonds is 3. The lowest BCUT2D eigenvalue weighted by atomic mass is 10.1. The maximum absolute atomic E-state index is 13.5. The molecule has 0 saturated carbocycles. The first-order chi connectivity index (χ1) is 13.5. The van der Waals surface area contributed by atoms with Crippen molar-refractivity contribution in [2.24, 2.45) is 0 Å². The Balaban J connectivity index is 2.00. The molecule has 140 valence electrons. The highest BCUT2D eigenvalue weighted by Gasteiger charge is 2.25. The fourth-order valence-corrected chi connectivity index (χ4v) is 3.08. The van der Waals surface area contributed by atoms with Crippen LogP contribution in [0.15, 0.2) is 65.7 Å². The molecule has 2 aromatic carbocycles. The van der Waals surface area contributed by atoms with Crippen molar-refractivity contribution < 1.29 is 13.9 Å². The zero-order valence-corrected chi connectivity index (χ0v) is 15.4. The zero-order chi connectivity index (χ0) is 19.8. The van der Waals surface area contributed by atoms with Crippen molar-refractivity contribution in [3.8, 4) is 22.6 Å². The number of para-hydroxylation sites is 1. The molecule has 0 amide bonds. The maximum atomic E-state index is 13.5. The van der Waals surface area contributed by atoms with Gasteiger partial charge in [0.25, 0.3) is 5.56 Å². The number of ether oxygens (including phenoxy) is 1. The van der Waals surface area contributed by atoms with E-state index in [-0.39, 0.29) is 21.8 Å². The highest BCUT2D eigenvalue weighted by molar-refractivity contribution is 6.30. The van der Waals surface area contributed by atoms with Crippen LogP contribution in [-0.4, -0.2) is 27.4 Å². The average Bonchev–Trinajstić information content (AvgIpc) is 3.06. The lowest BCUT2D eigenvalue weighted by Crippen LogP contribution is -2.15. The highest BCUT2D eigenvalue weighted by Crippen LogP contribution is 2.26. The van der Waals surface area contributed by atoms with Gasteiger partial charge in [-0.15, -0.1) is 0 Å². The first kappa shape index (κ1) is 17.9. The number of pyridine rings is 1. The van der Waals surface area contributed by atoms with E-state index < -0.39 is 17.3 Å². The number of esters is 1. The molecular weight excluding hydrogens is 385 g/mol. The van der Waals surface area contributed by atoms with Gasteiger partial charge in [0, 0.05) is 18.1 Å². The molecule has 4 rings (SSSR count). The Morgan fingerprint density at radius 2 is 1.86 bits per heavy atom. The summed E-state index contributed by atoms with van der Waals surface area (Å²) >= 11 is 5.87. The summed E-state index contributed by atoms with van der Waals surface area (Å²) in [4.78, 5) is 25.3. The number of nitrogens with zero attached hydrogens (tertiary/aromatic N) is 3. The monoisotopic (exact) mass is 397 g/mol. The number of fused-ring (bicyclic) bond motifs is 1. The second-order valence-electron chi connectivity index (χ2n) is 5.98. The molecule has 6 nitrogen and oxygen atoms in total. The number of hydrogen-bond donors (Lipinski definition) is 0. The molecule has 2 aliphatic heterocycles. The Kier molecular flexibility index (Phi) is 4.44. The van der Waals surface area contributed by atoms with Crippen LogP contribution in [0.2, 0.25) is 5.02 Å². The summed E-state index contributed by atoms with van der Waals surface area (Å²) in [5.41, 5.74) is 1.18. The Morgan fingerprint density at radius 3 is 2.54 bits per heavy atom. The van der Waals surface area contributed by atoms with Gasteiger partial charge in [0.1, 0.15) is 17.1 Å². The lowest BCUT2D eigenvalue weighted by molar-refractivity contribution is 0.0600. The third-order valence-corrected chi connectivity index (χ3v) is 4.57. The van der Waals surface area contributed by atoms with Crippen molar-refractivity contribution in [2.75, 3.05) is 7.11 Å². The Labute approximate surface area is 163 Å². The van der Waals surface area contributed by atoms with E-state index in [2.05, 4.69) is 5.10 Å². The molecule has 0 spiro atoms. The second kappa shape index (κ2) is 6.94. The van der Waals surface area contributed by atoms with E-state index in [1.807, 2.05) is 6.07 Å². The topological polar surface area (TPSA) is 66.1 Å². The van der Waals surface area contributed by atoms with Crippen molar-refractivity contribution >= 4 is 17.6 Å². The molecule has 0 aromatic heterocycles. The fraction of sp³-hybridized carbons (Fsp3) is 0.0500. The fourth-order valence-electron chi connectivity index (χ4n) is 2.90. The molecule has 0 aliphatic carbocycles. The van der Waals surface area contributed by atoms with Crippen molar-refractivity contribution in [3.05, 3.63) is 87.7 Å². The predicted molar refractivity (Wildman–Crippen MR) is 102 cm³/mol. The molecule has 0 unspecified atom stereocenters. The van der Waals surface area contributed by atoms with Crippen LogP contribution in [0.1, 0.15) is 10.4 Å². The van der Waals surface area contributed by atoms with Gasteiger partial charge in [0.2, 0.25) is 0 Å². The lowest BCUT2D eigenvalue weighted by Gasteiger charge is -2.12. The smallest absolute Gasteiger partial charge is 0.341 e. The zero-order valence-electron chi connectivity index (χ0n) is 14.6. The van der Waals surface area contributed by atoms with Crippen LogP contribution in [0.4, 0.5) is 4.39 Å². The number of hydrogen-bond acceptors (Lipinski definition) is 4. The van der Waals surface area contributed by atoms with E-state index in [1.54, 1.807) is 24.3 Å². The first-order valence-electron chi connectivity index (χ1n) is 8.24. The Morgan fingerprint density at radius 1 is 1.11 bits per heavy atom. The van der Waals surface area contributed by atoms with Crippen LogP contribution < -0.4 is 5.56 Å². The van der Waals surface area contributed by atoms with Gasteiger partial charge in [-0.05, 0) is 30.3 Å². The highest BCUT2D eigenvalue weighted by atomic mass is 35.5. The SMILES string of the molecule is COC(=O)c1cn(-c2ccc(F)c(Cl)c2)cc2c(=O)n(-c3ccccc3)nc1-2. The molecule has 2 aliphatic rings. The first-order valence-corrected chi connectivity index (χ1v) is 8.61. The van der Waals surface area contributed by atoms with Crippen LogP contribution in [0, 0.1) is 5.82 Å². The van der Waals surface area contributed by atoms with Gasteiger partial charge >= 0.3 is 5.97 Å². The van der Waals surface area contributed by atoms with Crippen LogP contribution in [0.3, 0.4) is 0 Å². The molecule has 0 fully saturated rings. The van der Waals surface area contributed by atoms with Gasteiger partial charge in [-0.2, -0.15) is 9.78 Å². The number of carbonyl (C=O) groups excluding carboxylic acids is 1. The number of benzene rings is 2. The summed E-state index contributed by atoms with van der Waals surface area (Å²) in [5.74, 6) is -1.22. The molecule has 2 aromatic rings. The molecule has 0 saturated heterocycles.